The van der Waals surface area contributed by atoms with Crippen LogP contribution in [0.5, 0.6) is 5.75 Å². The number of piperidine rings is 1. The van der Waals surface area contributed by atoms with Gasteiger partial charge in [-0.3, -0.25) is 0 Å². The van der Waals surface area contributed by atoms with Crippen molar-refractivity contribution < 1.29 is 24.2 Å². The molecule has 23 heavy (non-hydrogen) atoms. The minimum absolute atomic E-state index is 0.0327. The van der Waals surface area contributed by atoms with E-state index in [0.29, 0.717) is 25.4 Å². The van der Waals surface area contributed by atoms with Crippen molar-refractivity contribution in [1.29, 1.82) is 0 Å². The van der Waals surface area contributed by atoms with Crippen molar-refractivity contribution in [2.45, 2.75) is 38.7 Å². The number of likely N-dealkylation sites (tertiary alicyclic amines) is 1. The van der Waals surface area contributed by atoms with Gasteiger partial charge in [-0.05, 0) is 30.7 Å². The first-order valence-corrected chi connectivity index (χ1v) is 8.02. The molecule has 6 nitrogen and oxygen atoms in total. The van der Waals surface area contributed by atoms with Crippen molar-refractivity contribution in [1.82, 2.24) is 4.90 Å². The molecule has 0 radical (unpaired) electrons. The van der Waals surface area contributed by atoms with Crippen LogP contribution in [0, 0.1) is 0 Å². The van der Waals surface area contributed by atoms with E-state index >= 15 is 0 Å². The Morgan fingerprint density at radius 2 is 1.87 bits per heavy atom. The van der Waals surface area contributed by atoms with Gasteiger partial charge in [0.15, 0.2) is 0 Å². The fraction of sp³-hybridized carbons (Fsp3) is 0.529. The van der Waals surface area contributed by atoms with Crippen molar-refractivity contribution in [3.63, 3.8) is 0 Å². The molecule has 2 rings (SSSR count). The Morgan fingerprint density at radius 3 is 2.43 bits per heavy atom. The molecule has 1 saturated heterocycles. The van der Waals surface area contributed by atoms with Crippen LogP contribution in [0.2, 0.25) is 0 Å². The second-order valence-corrected chi connectivity index (χ2v) is 5.60. The fourth-order valence-corrected chi connectivity index (χ4v) is 2.42. The number of amides is 1. The zero-order valence-electron chi connectivity index (χ0n) is 13.4. The molecule has 1 aromatic carbocycles. The summed E-state index contributed by atoms with van der Waals surface area (Å²) in [5.41, 5.74) is 0.238. The Kier molecular flexibility index (Phi) is 6.26. The van der Waals surface area contributed by atoms with E-state index in [2.05, 4.69) is 6.92 Å². The molecular formula is C17H23NO5. The van der Waals surface area contributed by atoms with Crippen LogP contribution in [-0.2, 0) is 4.74 Å². The van der Waals surface area contributed by atoms with E-state index in [9.17, 15) is 9.59 Å². The quantitative estimate of drug-likeness (QED) is 0.814. The van der Waals surface area contributed by atoms with Crippen molar-refractivity contribution in [2.24, 2.45) is 0 Å². The lowest BCUT2D eigenvalue weighted by molar-refractivity contribution is 0.0670. The lowest BCUT2D eigenvalue weighted by atomic mass is 10.1. The molecule has 1 aromatic rings. The van der Waals surface area contributed by atoms with E-state index in [-0.39, 0.29) is 17.8 Å². The highest BCUT2D eigenvalue weighted by molar-refractivity contribution is 5.87. The van der Waals surface area contributed by atoms with E-state index in [1.54, 1.807) is 17.0 Å². The summed E-state index contributed by atoms with van der Waals surface area (Å²) in [5, 5.41) is 8.87. The summed E-state index contributed by atoms with van der Waals surface area (Å²) in [6.07, 6.45) is 3.15. The number of hydrogen-bond acceptors (Lipinski definition) is 4. The van der Waals surface area contributed by atoms with Crippen LogP contribution in [0.3, 0.4) is 0 Å². The lowest BCUT2D eigenvalue weighted by Crippen LogP contribution is -2.42. The first-order valence-electron chi connectivity index (χ1n) is 8.02. The van der Waals surface area contributed by atoms with Crippen molar-refractivity contribution in [3.8, 4) is 5.75 Å². The number of ether oxygens (including phenoxy) is 2. The highest BCUT2D eigenvalue weighted by Crippen LogP contribution is 2.20. The molecule has 1 amide bonds. The third-order valence-corrected chi connectivity index (χ3v) is 3.83. The van der Waals surface area contributed by atoms with Gasteiger partial charge >= 0.3 is 12.1 Å². The average molecular weight is 321 g/mol. The second-order valence-electron chi connectivity index (χ2n) is 5.60. The summed E-state index contributed by atoms with van der Waals surface area (Å²) in [6, 6.07) is 6.37. The van der Waals surface area contributed by atoms with Gasteiger partial charge in [-0.25, -0.2) is 9.59 Å². The zero-order chi connectivity index (χ0) is 16.7. The molecule has 0 atom stereocenters. The molecule has 0 aliphatic carbocycles. The van der Waals surface area contributed by atoms with Gasteiger partial charge in [0.1, 0.15) is 11.9 Å². The highest BCUT2D eigenvalue weighted by atomic mass is 16.6. The number of rotatable bonds is 6. The van der Waals surface area contributed by atoms with Gasteiger partial charge in [0.05, 0.1) is 12.2 Å². The van der Waals surface area contributed by atoms with E-state index < -0.39 is 5.97 Å². The molecule has 1 aliphatic rings. The van der Waals surface area contributed by atoms with Gasteiger partial charge in [-0.15, -0.1) is 0 Å². The van der Waals surface area contributed by atoms with Crippen LogP contribution in [0.15, 0.2) is 24.3 Å². The minimum atomic E-state index is -0.952. The van der Waals surface area contributed by atoms with E-state index in [0.717, 1.165) is 25.7 Å². The fourth-order valence-electron chi connectivity index (χ4n) is 2.42. The SMILES string of the molecule is CCCCOC(=O)N1CCC(Oc2ccc(C(=O)O)cc2)CC1. The first-order chi connectivity index (χ1) is 11.1. The summed E-state index contributed by atoms with van der Waals surface area (Å²) in [7, 11) is 0. The lowest BCUT2D eigenvalue weighted by Gasteiger charge is -2.31. The molecule has 1 aliphatic heterocycles. The van der Waals surface area contributed by atoms with Gasteiger partial charge in [0.2, 0.25) is 0 Å². The predicted octanol–water partition coefficient (Wildman–Crippen LogP) is 3.16. The van der Waals surface area contributed by atoms with Crippen molar-refractivity contribution >= 4 is 12.1 Å². The maximum Gasteiger partial charge on any atom is 0.409 e. The predicted molar refractivity (Wildman–Crippen MR) is 84.9 cm³/mol. The Morgan fingerprint density at radius 1 is 1.22 bits per heavy atom. The Labute approximate surface area is 136 Å². The van der Waals surface area contributed by atoms with Gasteiger partial charge < -0.3 is 19.5 Å². The molecule has 0 unspecified atom stereocenters. The van der Waals surface area contributed by atoms with Crippen LogP contribution in [-0.4, -0.2) is 47.9 Å². The molecule has 0 spiro atoms. The molecule has 6 heteroatoms. The molecule has 0 aromatic heterocycles. The first kappa shape index (κ1) is 17.1. The average Bonchev–Trinajstić information content (AvgIpc) is 2.56. The van der Waals surface area contributed by atoms with Crippen molar-refractivity contribution in [3.05, 3.63) is 29.8 Å². The number of nitrogens with zero attached hydrogens (tertiary/aromatic N) is 1. The maximum absolute atomic E-state index is 11.8. The van der Waals surface area contributed by atoms with Crippen molar-refractivity contribution in [2.75, 3.05) is 19.7 Å². The smallest absolute Gasteiger partial charge is 0.409 e. The van der Waals surface area contributed by atoms with Gasteiger partial charge in [0, 0.05) is 25.9 Å². The molecule has 1 N–H and O–H groups in total. The highest BCUT2D eigenvalue weighted by Gasteiger charge is 2.24. The molecule has 126 valence electrons. The van der Waals surface area contributed by atoms with E-state index in [1.807, 2.05) is 0 Å². The maximum atomic E-state index is 11.8. The molecule has 0 bridgehead atoms. The summed E-state index contributed by atoms with van der Waals surface area (Å²) in [6.45, 7) is 3.76. The molecule has 0 saturated carbocycles. The van der Waals surface area contributed by atoms with Gasteiger partial charge in [0.25, 0.3) is 0 Å². The molecule has 1 fully saturated rings. The standard InChI is InChI=1S/C17H23NO5/c1-2-3-12-22-17(21)18-10-8-15(9-11-18)23-14-6-4-13(5-7-14)16(19)20/h4-7,15H,2-3,8-12H2,1H3,(H,19,20). The zero-order valence-corrected chi connectivity index (χ0v) is 13.4. The number of carbonyl (C=O) groups is 2. The number of benzene rings is 1. The monoisotopic (exact) mass is 321 g/mol. The minimum Gasteiger partial charge on any atom is -0.490 e. The third kappa shape index (κ3) is 5.16. The van der Waals surface area contributed by atoms with Crippen LogP contribution < -0.4 is 4.74 Å². The summed E-state index contributed by atoms with van der Waals surface area (Å²) >= 11 is 0. The van der Waals surface area contributed by atoms with Crippen LogP contribution in [0.1, 0.15) is 43.0 Å². The Hall–Kier alpha value is -2.24. The van der Waals surface area contributed by atoms with E-state index in [4.69, 9.17) is 14.6 Å². The number of hydrogen-bond donors (Lipinski definition) is 1. The topological polar surface area (TPSA) is 76.1 Å². The Bertz CT molecular complexity index is 520. The number of carbonyl (C=O) groups excluding carboxylic acids is 1. The Balaban J connectivity index is 1.76. The molecule has 1 heterocycles. The summed E-state index contributed by atoms with van der Waals surface area (Å²) in [5.74, 6) is -0.301. The molecular weight excluding hydrogens is 298 g/mol. The summed E-state index contributed by atoms with van der Waals surface area (Å²) in [4.78, 5) is 24.4. The van der Waals surface area contributed by atoms with Crippen LogP contribution >= 0.6 is 0 Å². The van der Waals surface area contributed by atoms with Gasteiger partial charge in [-0.1, -0.05) is 13.3 Å². The largest absolute Gasteiger partial charge is 0.490 e. The number of unbranched alkanes of at least 4 members (excludes halogenated alkanes) is 1. The summed E-state index contributed by atoms with van der Waals surface area (Å²) < 4.78 is 11.0. The van der Waals surface area contributed by atoms with Gasteiger partial charge in [-0.2, -0.15) is 0 Å². The van der Waals surface area contributed by atoms with Crippen LogP contribution in [0.25, 0.3) is 0 Å². The second kappa shape index (κ2) is 8.41. The normalized spacial score (nSPS) is 15.3. The number of carboxylic acids is 1. The third-order valence-electron chi connectivity index (χ3n) is 3.83. The number of aromatic carboxylic acids is 1. The van der Waals surface area contributed by atoms with E-state index in [1.165, 1.54) is 12.1 Å². The van der Waals surface area contributed by atoms with Crippen LogP contribution in [0.4, 0.5) is 4.79 Å². The number of carboxylic acid groups (broad SMARTS) is 1.